The molecule has 0 fully saturated rings. The van der Waals surface area contributed by atoms with Gasteiger partial charge in [0.2, 0.25) is 0 Å². The van der Waals surface area contributed by atoms with Gasteiger partial charge in [0.15, 0.2) is 0 Å². The van der Waals surface area contributed by atoms with Gasteiger partial charge in [0.25, 0.3) is 0 Å². The van der Waals surface area contributed by atoms with Crippen molar-refractivity contribution in [2.24, 2.45) is 7.05 Å². The lowest BCUT2D eigenvalue weighted by Gasteiger charge is -2.08. The van der Waals surface area contributed by atoms with Crippen LogP contribution in [0.1, 0.15) is 16.7 Å². The van der Waals surface area contributed by atoms with E-state index in [4.69, 9.17) is 4.74 Å². The zero-order valence-corrected chi connectivity index (χ0v) is 9.94. The molecule has 6 heteroatoms. The molecule has 0 spiro atoms. The Morgan fingerprint density at radius 3 is 3.06 bits per heavy atom. The largest absolute Gasteiger partial charge is 0.495 e. The van der Waals surface area contributed by atoms with E-state index in [-0.39, 0.29) is 0 Å². The summed E-state index contributed by atoms with van der Waals surface area (Å²) >= 11 is 1.48. The lowest BCUT2D eigenvalue weighted by Crippen LogP contribution is -2.01. The van der Waals surface area contributed by atoms with Crippen molar-refractivity contribution in [2.75, 3.05) is 7.11 Å². The van der Waals surface area contributed by atoms with Gasteiger partial charge in [-0.2, -0.15) is 0 Å². The minimum Gasteiger partial charge on any atom is -0.495 e. The van der Waals surface area contributed by atoms with Crippen molar-refractivity contribution < 1.29 is 9.84 Å². The van der Waals surface area contributed by atoms with Crippen molar-refractivity contribution in [1.29, 1.82) is 0 Å². The standard InChI is InChI=1S/C10H13N3O2S/c1-13-6-7(11-12-13)5-8(14)10-9(15-2)3-4-16-10/h3-4,6,8,14H,5H2,1-2H3. The van der Waals surface area contributed by atoms with Crippen LogP contribution in [0.25, 0.3) is 0 Å². The normalized spacial score (nSPS) is 12.7. The van der Waals surface area contributed by atoms with E-state index in [2.05, 4.69) is 10.3 Å². The van der Waals surface area contributed by atoms with Crippen LogP contribution >= 0.6 is 11.3 Å². The van der Waals surface area contributed by atoms with Crippen LogP contribution in [0.15, 0.2) is 17.6 Å². The van der Waals surface area contributed by atoms with Crippen molar-refractivity contribution >= 4 is 11.3 Å². The Kier molecular flexibility index (Phi) is 3.21. The Bertz CT molecular complexity index is 466. The van der Waals surface area contributed by atoms with Gasteiger partial charge in [-0.3, -0.25) is 4.68 Å². The van der Waals surface area contributed by atoms with Crippen LogP contribution in [-0.4, -0.2) is 27.2 Å². The van der Waals surface area contributed by atoms with Gasteiger partial charge in [0.05, 0.1) is 23.8 Å². The van der Waals surface area contributed by atoms with E-state index in [1.165, 1.54) is 11.3 Å². The number of thiophene rings is 1. The van der Waals surface area contributed by atoms with Crippen LogP contribution in [0.3, 0.4) is 0 Å². The van der Waals surface area contributed by atoms with Crippen molar-refractivity contribution in [3.8, 4) is 5.75 Å². The van der Waals surface area contributed by atoms with Crippen LogP contribution in [0.4, 0.5) is 0 Å². The Balaban J connectivity index is 2.11. The van der Waals surface area contributed by atoms with E-state index in [0.717, 1.165) is 16.3 Å². The average Bonchev–Trinajstić information content (AvgIpc) is 2.86. The fourth-order valence-electron chi connectivity index (χ4n) is 1.50. The van der Waals surface area contributed by atoms with Crippen molar-refractivity contribution in [3.63, 3.8) is 0 Å². The summed E-state index contributed by atoms with van der Waals surface area (Å²) in [5, 5.41) is 19.7. The third-order valence-corrected chi connectivity index (χ3v) is 3.23. The van der Waals surface area contributed by atoms with Crippen molar-refractivity contribution in [1.82, 2.24) is 15.0 Å². The summed E-state index contributed by atoms with van der Waals surface area (Å²) in [6, 6.07) is 1.85. The summed E-state index contributed by atoms with van der Waals surface area (Å²) in [6.07, 6.45) is 1.65. The summed E-state index contributed by atoms with van der Waals surface area (Å²) in [7, 11) is 3.40. The molecule has 16 heavy (non-hydrogen) atoms. The molecule has 0 amide bonds. The topological polar surface area (TPSA) is 60.2 Å². The lowest BCUT2D eigenvalue weighted by molar-refractivity contribution is 0.177. The first-order valence-electron chi connectivity index (χ1n) is 4.85. The molecule has 86 valence electrons. The quantitative estimate of drug-likeness (QED) is 0.869. The number of ether oxygens (including phenoxy) is 1. The highest BCUT2D eigenvalue weighted by Crippen LogP contribution is 2.32. The Morgan fingerprint density at radius 1 is 1.62 bits per heavy atom. The SMILES string of the molecule is COc1ccsc1C(O)Cc1cn(C)nn1. The number of aryl methyl sites for hydroxylation is 1. The van der Waals surface area contributed by atoms with Gasteiger partial charge in [0.1, 0.15) is 5.75 Å². The fourth-order valence-corrected chi connectivity index (χ4v) is 2.35. The number of nitrogens with zero attached hydrogens (tertiary/aromatic N) is 3. The van der Waals surface area contributed by atoms with E-state index in [1.54, 1.807) is 25.0 Å². The zero-order valence-electron chi connectivity index (χ0n) is 9.12. The molecule has 0 aliphatic rings. The van der Waals surface area contributed by atoms with Gasteiger partial charge in [-0.15, -0.1) is 16.4 Å². The third-order valence-electron chi connectivity index (χ3n) is 2.23. The first-order valence-corrected chi connectivity index (χ1v) is 5.73. The predicted octanol–water partition coefficient (Wildman–Crippen LogP) is 1.16. The molecule has 0 saturated carbocycles. The molecule has 0 aliphatic carbocycles. The molecule has 2 heterocycles. The molecule has 2 rings (SSSR count). The highest BCUT2D eigenvalue weighted by Gasteiger charge is 2.16. The second-order valence-electron chi connectivity index (χ2n) is 3.46. The van der Waals surface area contributed by atoms with Crippen molar-refractivity contribution in [3.05, 3.63) is 28.2 Å². The number of hydrogen-bond acceptors (Lipinski definition) is 5. The number of rotatable bonds is 4. The molecular formula is C10H13N3O2S. The van der Waals surface area contributed by atoms with E-state index in [0.29, 0.717) is 6.42 Å². The molecule has 1 unspecified atom stereocenters. The van der Waals surface area contributed by atoms with E-state index in [1.807, 2.05) is 11.4 Å². The monoisotopic (exact) mass is 239 g/mol. The Labute approximate surface area is 97.3 Å². The molecule has 0 aliphatic heterocycles. The molecule has 0 bridgehead atoms. The number of aliphatic hydroxyl groups excluding tert-OH is 1. The van der Waals surface area contributed by atoms with Crippen LogP contribution in [0, 0.1) is 0 Å². The van der Waals surface area contributed by atoms with Gasteiger partial charge >= 0.3 is 0 Å². The molecule has 0 radical (unpaired) electrons. The van der Waals surface area contributed by atoms with Gasteiger partial charge in [-0.25, -0.2) is 0 Å². The van der Waals surface area contributed by atoms with Crippen LogP contribution in [0.5, 0.6) is 5.75 Å². The summed E-state index contributed by atoms with van der Waals surface area (Å²) < 4.78 is 6.78. The maximum atomic E-state index is 10.0. The zero-order chi connectivity index (χ0) is 11.5. The minimum atomic E-state index is -0.591. The van der Waals surface area contributed by atoms with Gasteiger partial charge in [-0.1, -0.05) is 5.21 Å². The minimum absolute atomic E-state index is 0.449. The van der Waals surface area contributed by atoms with E-state index in [9.17, 15) is 5.11 Å². The summed E-state index contributed by atoms with van der Waals surface area (Å²) in [4.78, 5) is 0.827. The summed E-state index contributed by atoms with van der Waals surface area (Å²) in [5.41, 5.74) is 0.769. The van der Waals surface area contributed by atoms with Crippen molar-refractivity contribution in [2.45, 2.75) is 12.5 Å². The predicted molar refractivity (Wildman–Crippen MR) is 60.5 cm³/mol. The van der Waals surface area contributed by atoms with E-state index < -0.39 is 6.10 Å². The Morgan fingerprint density at radius 2 is 2.44 bits per heavy atom. The molecule has 2 aromatic heterocycles. The van der Waals surface area contributed by atoms with Gasteiger partial charge in [-0.05, 0) is 11.4 Å². The third kappa shape index (κ3) is 2.23. The summed E-state index contributed by atoms with van der Waals surface area (Å²) in [6.45, 7) is 0. The molecule has 5 nitrogen and oxygen atoms in total. The number of aromatic nitrogens is 3. The first kappa shape index (κ1) is 11.1. The van der Waals surface area contributed by atoms with Crippen LogP contribution < -0.4 is 4.74 Å². The molecule has 1 N–H and O–H groups in total. The lowest BCUT2D eigenvalue weighted by atomic mass is 10.1. The van der Waals surface area contributed by atoms with Crippen LogP contribution in [-0.2, 0) is 13.5 Å². The summed E-state index contributed by atoms with van der Waals surface area (Å²) in [5.74, 6) is 0.724. The first-order chi connectivity index (χ1) is 7.70. The Hall–Kier alpha value is -1.40. The van der Waals surface area contributed by atoms with E-state index >= 15 is 0 Å². The maximum Gasteiger partial charge on any atom is 0.135 e. The second kappa shape index (κ2) is 4.63. The van der Waals surface area contributed by atoms with Gasteiger partial charge in [0, 0.05) is 19.7 Å². The number of methoxy groups -OCH3 is 1. The average molecular weight is 239 g/mol. The molecule has 0 saturated heterocycles. The number of hydrogen-bond donors (Lipinski definition) is 1. The molecule has 2 aromatic rings. The highest BCUT2D eigenvalue weighted by atomic mass is 32.1. The number of aliphatic hydroxyl groups is 1. The molecule has 0 aromatic carbocycles. The maximum absolute atomic E-state index is 10.0. The second-order valence-corrected chi connectivity index (χ2v) is 4.40. The smallest absolute Gasteiger partial charge is 0.135 e. The fraction of sp³-hybridized carbons (Fsp3) is 0.400. The highest BCUT2D eigenvalue weighted by molar-refractivity contribution is 7.10. The molecular weight excluding hydrogens is 226 g/mol. The van der Waals surface area contributed by atoms with Gasteiger partial charge < -0.3 is 9.84 Å². The van der Waals surface area contributed by atoms with Crippen LogP contribution in [0.2, 0.25) is 0 Å². The molecule has 1 atom stereocenters.